The number of aryl methyl sites for hydroxylation is 3. The van der Waals surface area contributed by atoms with E-state index < -0.39 is 0 Å². The number of hydrogen-bond acceptors (Lipinski definition) is 3. The number of aromatic nitrogens is 1. The van der Waals surface area contributed by atoms with Crippen LogP contribution in [0.2, 0.25) is 0 Å². The molecule has 0 aliphatic rings. The van der Waals surface area contributed by atoms with Gasteiger partial charge in [-0.2, -0.15) is 0 Å². The number of anilines is 1. The Morgan fingerprint density at radius 3 is 2.41 bits per heavy atom. The summed E-state index contributed by atoms with van der Waals surface area (Å²) >= 11 is 0. The highest BCUT2D eigenvalue weighted by Crippen LogP contribution is 2.09. The summed E-state index contributed by atoms with van der Waals surface area (Å²) in [6.45, 7) is 7.40. The molecule has 2 rings (SSSR count). The van der Waals surface area contributed by atoms with Gasteiger partial charge in [-0.3, -0.25) is 9.79 Å². The molecule has 0 atom stereocenters. The van der Waals surface area contributed by atoms with Crippen LogP contribution >= 0.6 is 0 Å². The number of carbonyl (C=O) groups excluding carboxylic acids is 1. The molecule has 0 saturated heterocycles. The standard InChI is InChI=1S/C21H29N5O/c1-15-12-16(2)14-18(13-15)8-10-23-21(22-4)24-11-9-20(27)26-19-7-5-6-17(3)25-19/h5-7,12-14H,8-11H2,1-4H3,(H2,22,23,24)(H,25,26,27). The maximum atomic E-state index is 12.0. The average molecular weight is 367 g/mol. The zero-order chi connectivity index (χ0) is 19.6. The molecule has 0 fully saturated rings. The second-order valence-electron chi connectivity index (χ2n) is 6.63. The van der Waals surface area contributed by atoms with E-state index in [1.54, 1.807) is 13.1 Å². The first-order valence-electron chi connectivity index (χ1n) is 9.21. The molecule has 0 aliphatic heterocycles. The number of carbonyl (C=O) groups is 1. The van der Waals surface area contributed by atoms with Crippen LogP contribution in [0.4, 0.5) is 5.82 Å². The SMILES string of the molecule is CN=C(NCCC(=O)Nc1cccc(C)n1)NCCc1cc(C)cc(C)c1. The third kappa shape index (κ3) is 7.48. The molecule has 0 bridgehead atoms. The lowest BCUT2D eigenvalue weighted by atomic mass is 10.1. The number of nitrogens with zero attached hydrogens (tertiary/aromatic N) is 2. The van der Waals surface area contributed by atoms with Crippen molar-refractivity contribution >= 4 is 17.7 Å². The Bertz CT molecular complexity index is 781. The number of pyridine rings is 1. The Morgan fingerprint density at radius 1 is 1.04 bits per heavy atom. The lowest BCUT2D eigenvalue weighted by Crippen LogP contribution is -2.39. The van der Waals surface area contributed by atoms with E-state index in [4.69, 9.17) is 0 Å². The van der Waals surface area contributed by atoms with Crippen LogP contribution in [0, 0.1) is 20.8 Å². The molecule has 0 spiro atoms. The second-order valence-corrected chi connectivity index (χ2v) is 6.63. The van der Waals surface area contributed by atoms with Gasteiger partial charge in [-0.15, -0.1) is 0 Å². The fourth-order valence-corrected chi connectivity index (χ4v) is 2.87. The number of hydrogen-bond donors (Lipinski definition) is 3. The van der Waals surface area contributed by atoms with E-state index in [1.807, 2.05) is 19.1 Å². The fraction of sp³-hybridized carbons (Fsp3) is 0.381. The van der Waals surface area contributed by atoms with E-state index in [2.05, 4.69) is 58.0 Å². The Kier molecular flexibility index (Phi) is 7.79. The largest absolute Gasteiger partial charge is 0.356 e. The maximum Gasteiger partial charge on any atom is 0.227 e. The van der Waals surface area contributed by atoms with E-state index in [-0.39, 0.29) is 5.91 Å². The summed E-state index contributed by atoms with van der Waals surface area (Å²) in [6, 6.07) is 12.1. The van der Waals surface area contributed by atoms with Gasteiger partial charge in [-0.1, -0.05) is 35.4 Å². The minimum absolute atomic E-state index is 0.0775. The first kappa shape index (κ1) is 20.4. The summed E-state index contributed by atoms with van der Waals surface area (Å²) in [6.07, 6.45) is 1.26. The Labute approximate surface area is 161 Å². The highest BCUT2D eigenvalue weighted by atomic mass is 16.1. The summed E-state index contributed by atoms with van der Waals surface area (Å²) < 4.78 is 0. The topological polar surface area (TPSA) is 78.4 Å². The van der Waals surface area contributed by atoms with Gasteiger partial charge in [0.25, 0.3) is 0 Å². The van der Waals surface area contributed by atoms with E-state index in [0.29, 0.717) is 24.7 Å². The highest BCUT2D eigenvalue weighted by Gasteiger charge is 2.05. The number of benzene rings is 1. The van der Waals surface area contributed by atoms with Gasteiger partial charge in [-0.05, 0) is 44.9 Å². The summed E-state index contributed by atoms with van der Waals surface area (Å²) in [5.74, 6) is 1.20. The van der Waals surface area contributed by atoms with Crippen molar-refractivity contribution in [1.82, 2.24) is 15.6 Å². The number of guanidine groups is 1. The zero-order valence-electron chi connectivity index (χ0n) is 16.6. The quantitative estimate of drug-likeness (QED) is 0.519. The lowest BCUT2D eigenvalue weighted by Gasteiger charge is -2.12. The van der Waals surface area contributed by atoms with Gasteiger partial charge in [0.2, 0.25) is 5.91 Å². The van der Waals surface area contributed by atoms with Crippen molar-refractivity contribution in [3.8, 4) is 0 Å². The molecule has 2 aromatic rings. The molecule has 3 N–H and O–H groups in total. The number of amides is 1. The molecule has 1 aromatic carbocycles. The Balaban J connectivity index is 1.69. The van der Waals surface area contributed by atoms with E-state index in [0.717, 1.165) is 18.7 Å². The number of rotatable bonds is 7. The lowest BCUT2D eigenvalue weighted by molar-refractivity contribution is -0.116. The molecule has 27 heavy (non-hydrogen) atoms. The molecule has 0 unspecified atom stereocenters. The van der Waals surface area contributed by atoms with Gasteiger partial charge in [0.15, 0.2) is 5.96 Å². The smallest absolute Gasteiger partial charge is 0.227 e. The molecular weight excluding hydrogens is 338 g/mol. The summed E-state index contributed by atoms with van der Waals surface area (Å²) in [5, 5.41) is 9.25. The zero-order valence-corrected chi connectivity index (χ0v) is 16.6. The summed E-state index contributed by atoms with van der Waals surface area (Å²) in [7, 11) is 1.73. The minimum atomic E-state index is -0.0775. The second kappa shape index (κ2) is 10.3. The van der Waals surface area contributed by atoms with Crippen molar-refractivity contribution < 1.29 is 4.79 Å². The molecule has 0 radical (unpaired) electrons. The number of nitrogens with one attached hydrogen (secondary N) is 3. The van der Waals surface area contributed by atoms with Gasteiger partial charge < -0.3 is 16.0 Å². The Hall–Kier alpha value is -2.89. The highest BCUT2D eigenvalue weighted by molar-refractivity contribution is 5.90. The van der Waals surface area contributed by atoms with Gasteiger partial charge in [0.05, 0.1) is 0 Å². The van der Waals surface area contributed by atoms with Crippen LogP contribution in [0.1, 0.15) is 28.8 Å². The van der Waals surface area contributed by atoms with Gasteiger partial charge in [0.1, 0.15) is 5.82 Å². The van der Waals surface area contributed by atoms with Gasteiger partial charge in [-0.25, -0.2) is 4.98 Å². The number of aliphatic imine (C=N–C) groups is 1. The molecule has 6 nitrogen and oxygen atoms in total. The van der Waals surface area contributed by atoms with Crippen molar-refractivity contribution in [2.45, 2.75) is 33.6 Å². The van der Waals surface area contributed by atoms with E-state index in [1.165, 1.54) is 16.7 Å². The van der Waals surface area contributed by atoms with Gasteiger partial charge >= 0.3 is 0 Å². The van der Waals surface area contributed by atoms with E-state index in [9.17, 15) is 4.79 Å². The molecule has 1 aromatic heterocycles. The normalized spacial score (nSPS) is 11.2. The molecule has 0 aliphatic carbocycles. The van der Waals surface area contributed by atoms with Crippen LogP contribution in [0.5, 0.6) is 0 Å². The van der Waals surface area contributed by atoms with Crippen LogP contribution in [0.15, 0.2) is 41.4 Å². The minimum Gasteiger partial charge on any atom is -0.356 e. The molecule has 0 saturated carbocycles. The molecule has 6 heteroatoms. The maximum absolute atomic E-state index is 12.0. The summed E-state index contributed by atoms with van der Waals surface area (Å²) in [4.78, 5) is 20.5. The van der Waals surface area contributed by atoms with Crippen LogP contribution in [-0.4, -0.2) is 37.0 Å². The summed E-state index contributed by atoms with van der Waals surface area (Å²) in [5.41, 5.74) is 4.74. The first-order valence-corrected chi connectivity index (χ1v) is 9.21. The van der Waals surface area contributed by atoms with Crippen LogP contribution in [0.25, 0.3) is 0 Å². The van der Waals surface area contributed by atoms with Crippen molar-refractivity contribution in [2.24, 2.45) is 4.99 Å². The average Bonchev–Trinajstić information content (AvgIpc) is 2.59. The van der Waals surface area contributed by atoms with Crippen molar-refractivity contribution in [3.63, 3.8) is 0 Å². The van der Waals surface area contributed by atoms with Crippen LogP contribution in [-0.2, 0) is 11.2 Å². The van der Waals surface area contributed by atoms with Crippen LogP contribution < -0.4 is 16.0 Å². The predicted octanol–water partition coefficient (Wildman–Crippen LogP) is 2.74. The molecular formula is C21H29N5O. The van der Waals surface area contributed by atoms with Gasteiger partial charge in [0, 0.05) is 32.3 Å². The van der Waals surface area contributed by atoms with Crippen molar-refractivity contribution in [1.29, 1.82) is 0 Å². The third-order valence-corrected chi connectivity index (χ3v) is 4.01. The first-order chi connectivity index (χ1) is 13.0. The molecule has 1 heterocycles. The van der Waals surface area contributed by atoms with Crippen molar-refractivity contribution in [2.75, 3.05) is 25.5 Å². The van der Waals surface area contributed by atoms with E-state index >= 15 is 0 Å². The third-order valence-electron chi connectivity index (χ3n) is 4.01. The van der Waals surface area contributed by atoms with Crippen molar-refractivity contribution in [3.05, 3.63) is 58.8 Å². The molecule has 1 amide bonds. The fourth-order valence-electron chi connectivity index (χ4n) is 2.87. The molecule has 144 valence electrons. The monoisotopic (exact) mass is 367 g/mol. The predicted molar refractivity (Wildman–Crippen MR) is 111 cm³/mol. The Morgan fingerprint density at radius 2 is 1.74 bits per heavy atom. The van der Waals surface area contributed by atoms with Crippen LogP contribution in [0.3, 0.4) is 0 Å².